The van der Waals surface area contributed by atoms with Crippen molar-refractivity contribution in [3.8, 4) is 16.8 Å². The van der Waals surface area contributed by atoms with Gasteiger partial charge in [-0.2, -0.15) is 5.10 Å². The third-order valence-electron chi connectivity index (χ3n) is 3.07. The molecule has 0 N–H and O–H groups in total. The van der Waals surface area contributed by atoms with Crippen LogP contribution >= 0.6 is 15.9 Å². The Labute approximate surface area is 129 Å². The Hall–Kier alpha value is -2.47. The lowest BCUT2D eigenvalue weighted by atomic mass is 10.1. The maximum absolute atomic E-state index is 11.1. The first kappa shape index (κ1) is 13.5. The van der Waals surface area contributed by atoms with Crippen LogP contribution in [0.5, 0.6) is 0 Å². The molecule has 0 spiro atoms. The van der Waals surface area contributed by atoms with Crippen molar-refractivity contribution < 1.29 is 4.92 Å². The molecule has 0 unspecified atom stereocenters. The molecule has 0 saturated carbocycles. The van der Waals surface area contributed by atoms with Crippen molar-refractivity contribution in [1.29, 1.82) is 0 Å². The van der Waals surface area contributed by atoms with Crippen LogP contribution in [0, 0.1) is 10.1 Å². The largest absolute Gasteiger partial charge is 0.294 e. The number of nitro groups is 1. The van der Waals surface area contributed by atoms with E-state index in [2.05, 4.69) is 21.0 Å². The van der Waals surface area contributed by atoms with E-state index in [4.69, 9.17) is 0 Å². The van der Waals surface area contributed by atoms with Gasteiger partial charge in [-0.15, -0.1) is 0 Å². The summed E-state index contributed by atoms with van der Waals surface area (Å²) in [7, 11) is 0. The fourth-order valence-corrected chi connectivity index (χ4v) is 2.48. The molecule has 0 fully saturated rings. The SMILES string of the molecule is O=[N+]([O-])c1ccccc1-n1cc(-c2cccc(Br)c2)cn1. The summed E-state index contributed by atoms with van der Waals surface area (Å²) in [6.07, 6.45) is 3.47. The molecule has 1 heterocycles. The summed E-state index contributed by atoms with van der Waals surface area (Å²) in [5, 5.41) is 15.3. The highest BCUT2D eigenvalue weighted by Crippen LogP contribution is 2.26. The van der Waals surface area contributed by atoms with Gasteiger partial charge in [0, 0.05) is 22.3 Å². The normalized spacial score (nSPS) is 10.5. The van der Waals surface area contributed by atoms with E-state index in [9.17, 15) is 10.1 Å². The summed E-state index contributed by atoms with van der Waals surface area (Å²) in [6.45, 7) is 0. The highest BCUT2D eigenvalue weighted by Gasteiger charge is 2.15. The van der Waals surface area contributed by atoms with Crippen LogP contribution in [0.4, 0.5) is 5.69 Å². The Morgan fingerprint density at radius 3 is 2.67 bits per heavy atom. The van der Waals surface area contributed by atoms with E-state index in [1.807, 2.05) is 24.3 Å². The fourth-order valence-electron chi connectivity index (χ4n) is 2.08. The molecule has 0 aliphatic rings. The molecule has 21 heavy (non-hydrogen) atoms. The van der Waals surface area contributed by atoms with E-state index < -0.39 is 4.92 Å². The third kappa shape index (κ3) is 2.71. The summed E-state index contributed by atoms with van der Waals surface area (Å²) in [5.74, 6) is 0. The Morgan fingerprint density at radius 1 is 1.10 bits per heavy atom. The lowest BCUT2D eigenvalue weighted by Crippen LogP contribution is -1.99. The molecule has 0 amide bonds. The zero-order valence-electron chi connectivity index (χ0n) is 10.8. The van der Waals surface area contributed by atoms with Crippen LogP contribution in [0.25, 0.3) is 16.8 Å². The topological polar surface area (TPSA) is 61.0 Å². The number of benzene rings is 2. The number of para-hydroxylation sites is 2. The molecule has 6 heteroatoms. The Bertz CT molecular complexity index is 814. The van der Waals surface area contributed by atoms with Crippen molar-refractivity contribution in [3.63, 3.8) is 0 Å². The second kappa shape index (κ2) is 5.49. The number of halogens is 1. The molecule has 2 aromatic carbocycles. The molecular weight excluding hydrogens is 334 g/mol. The van der Waals surface area contributed by atoms with Crippen LogP contribution in [0.1, 0.15) is 0 Å². The van der Waals surface area contributed by atoms with Crippen molar-refractivity contribution in [1.82, 2.24) is 9.78 Å². The molecule has 1 aromatic heterocycles. The predicted octanol–water partition coefficient (Wildman–Crippen LogP) is 4.21. The van der Waals surface area contributed by atoms with Gasteiger partial charge in [0.25, 0.3) is 5.69 Å². The van der Waals surface area contributed by atoms with E-state index in [0.29, 0.717) is 5.69 Å². The van der Waals surface area contributed by atoms with Gasteiger partial charge in [-0.25, -0.2) is 4.68 Å². The average Bonchev–Trinajstić information content (AvgIpc) is 2.97. The number of aromatic nitrogens is 2. The van der Waals surface area contributed by atoms with Gasteiger partial charge in [0.05, 0.1) is 11.1 Å². The Balaban J connectivity index is 2.05. The van der Waals surface area contributed by atoms with Gasteiger partial charge in [0.1, 0.15) is 5.69 Å². The molecule has 0 saturated heterocycles. The monoisotopic (exact) mass is 343 g/mol. The highest BCUT2D eigenvalue weighted by molar-refractivity contribution is 9.10. The summed E-state index contributed by atoms with van der Waals surface area (Å²) in [5.41, 5.74) is 2.37. The molecule has 104 valence electrons. The smallest absolute Gasteiger partial charge is 0.258 e. The van der Waals surface area contributed by atoms with E-state index in [1.165, 1.54) is 10.7 Å². The van der Waals surface area contributed by atoms with Gasteiger partial charge >= 0.3 is 0 Å². The number of hydrogen-bond donors (Lipinski definition) is 0. The summed E-state index contributed by atoms with van der Waals surface area (Å²) in [6, 6.07) is 14.3. The summed E-state index contributed by atoms with van der Waals surface area (Å²) in [4.78, 5) is 10.7. The van der Waals surface area contributed by atoms with E-state index in [1.54, 1.807) is 30.6 Å². The predicted molar refractivity (Wildman–Crippen MR) is 83.4 cm³/mol. The first-order chi connectivity index (χ1) is 10.1. The lowest BCUT2D eigenvalue weighted by molar-refractivity contribution is -0.384. The van der Waals surface area contributed by atoms with Gasteiger partial charge in [-0.3, -0.25) is 10.1 Å². The van der Waals surface area contributed by atoms with E-state index in [0.717, 1.165) is 15.6 Å². The molecular formula is C15H10BrN3O2. The quantitative estimate of drug-likeness (QED) is 0.528. The standard InChI is InChI=1S/C15H10BrN3O2/c16-13-5-3-4-11(8-13)12-9-17-18(10-12)14-6-1-2-7-15(14)19(20)21/h1-10H. The first-order valence-corrected chi connectivity index (χ1v) is 6.99. The minimum absolute atomic E-state index is 0.0291. The molecule has 3 rings (SSSR count). The molecule has 5 nitrogen and oxygen atoms in total. The van der Waals surface area contributed by atoms with Crippen LogP contribution in [0.3, 0.4) is 0 Å². The van der Waals surface area contributed by atoms with E-state index >= 15 is 0 Å². The van der Waals surface area contributed by atoms with Crippen LogP contribution in [-0.4, -0.2) is 14.7 Å². The molecule has 0 aliphatic carbocycles. The molecule has 0 aliphatic heterocycles. The van der Waals surface area contributed by atoms with Gasteiger partial charge in [-0.05, 0) is 23.8 Å². The highest BCUT2D eigenvalue weighted by atomic mass is 79.9. The van der Waals surface area contributed by atoms with Gasteiger partial charge in [0.2, 0.25) is 0 Å². The molecule has 0 radical (unpaired) electrons. The zero-order chi connectivity index (χ0) is 14.8. The summed E-state index contributed by atoms with van der Waals surface area (Å²) < 4.78 is 2.49. The fraction of sp³-hybridized carbons (Fsp3) is 0. The second-order valence-corrected chi connectivity index (χ2v) is 5.35. The van der Waals surface area contributed by atoms with Gasteiger partial charge in [-0.1, -0.05) is 40.2 Å². The van der Waals surface area contributed by atoms with Crippen molar-refractivity contribution in [2.45, 2.75) is 0 Å². The van der Waals surface area contributed by atoms with Crippen LogP contribution in [0.15, 0.2) is 65.4 Å². The first-order valence-electron chi connectivity index (χ1n) is 6.19. The van der Waals surface area contributed by atoms with Crippen molar-refractivity contribution in [2.24, 2.45) is 0 Å². The second-order valence-electron chi connectivity index (χ2n) is 4.43. The van der Waals surface area contributed by atoms with Crippen molar-refractivity contribution in [3.05, 3.63) is 75.5 Å². The maximum Gasteiger partial charge on any atom is 0.294 e. The number of nitrogens with zero attached hydrogens (tertiary/aromatic N) is 3. The summed E-state index contributed by atoms with van der Waals surface area (Å²) >= 11 is 3.43. The number of rotatable bonds is 3. The van der Waals surface area contributed by atoms with E-state index in [-0.39, 0.29) is 5.69 Å². The van der Waals surface area contributed by atoms with Gasteiger partial charge in [0.15, 0.2) is 0 Å². The van der Waals surface area contributed by atoms with Crippen molar-refractivity contribution >= 4 is 21.6 Å². The molecule has 0 bridgehead atoms. The Morgan fingerprint density at radius 2 is 1.90 bits per heavy atom. The zero-order valence-corrected chi connectivity index (χ0v) is 12.4. The maximum atomic E-state index is 11.1. The molecule has 3 aromatic rings. The third-order valence-corrected chi connectivity index (χ3v) is 3.56. The number of hydrogen-bond acceptors (Lipinski definition) is 3. The van der Waals surface area contributed by atoms with Gasteiger partial charge < -0.3 is 0 Å². The van der Waals surface area contributed by atoms with Crippen LogP contribution in [0.2, 0.25) is 0 Å². The lowest BCUT2D eigenvalue weighted by Gasteiger charge is -2.02. The number of nitro benzene ring substituents is 1. The minimum Gasteiger partial charge on any atom is -0.258 e. The Kier molecular flexibility index (Phi) is 3.53. The minimum atomic E-state index is -0.407. The average molecular weight is 344 g/mol. The van der Waals surface area contributed by atoms with Crippen LogP contribution < -0.4 is 0 Å². The molecule has 0 atom stereocenters. The van der Waals surface area contributed by atoms with Crippen LogP contribution in [-0.2, 0) is 0 Å². The van der Waals surface area contributed by atoms with Crippen molar-refractivity contribution in [2.75, 3.05) is 0 Å².